The molecular formula is C22H21F2N3O2S. The van der Waals surface area contributed by atoms with Gasteiger partial charge in [0.2, 0.25) is 5.91 Å². The van der Waals surface area contributed by atoms with Gasteiger partial charge in [0.1, 0.15) is 23.2 Å². The van der Waals surface area contributed by atoms with Gasteiger partial charge in [0.15, 0.2) is 5.13 Å². The Labute approximate surface area is 177 Å². The molecule has 2 aromatic carbocycles. The normalized spacial score (nSPS) is 11.9. The maximum absolute atomic E-state index is 13.9. The second-order valence-corrected chi connectivity index (χ2v) is 8.19. The highest BCUT2D eigenvalue weighted by atomic mass is 32.1. The summed E-state index contributed by atoms with van der Waals surface area (Å²) in [6, 6.07) is 12.0. The summed E-state index contributed by atoms with van der Waals surface area (Å²) >= 11 is 1.33. The topological polar surface area (TPSA) is 71.1 Å². The molecule has 0 bridgehead atoms. The van der Waals surface area contributed by atoms with Crippen LogP contribution in [0.4, 0.5) is 13.9 Å². The van der Waals surface area contributed by atoms with Crippen molar-refractivity contribution in [2.75, 3.05) is 5.32 Å². The summed E-state index contributed by atoms with van der Waals surface area (Å²) in [5, 5.41) is 5.50. The van der Waals surface area contributed by atoms with Gasteiger partial charge in [-0.25, -0.2) is 13.8 Å². The first-order valence-corrected chi connectivity index (χ1v) is 10.2. The molecule has 30 heavy (non-hydrogen) atoms. The zero-order valence-electron chi connectivity index (χ0n) is 16.5. The number of amides is 2. The lowest BCUT2D eigenvalue weighted by atomic mass is 10.0. The van der Waals surface area contributed by atoms with Gasteiger partial charge >= 0.3 is 0 Å². The van der Waals surface area contributed by atoms with Gasteiger partial charge in [-0.1, -0.05) is 50.2 Å². The van der Waals surface area contributed by atoms with Crippen LogP contribution in [0.2, 0.25) is 0 Å². The monoisotopic (exact) mass is 429 g/mol. The Kier molecular flexibility index (Phi) is 6.89. The second kappa shape index (κ2) is 9.58. The number of carbonyl (C=O) groups excluding carboxylic acids is 2. The first kappa shape index (κ1) is 21.6. The maximum atomic E-state index is 13.9. The zero-order chi connectivity index (χ0) is 21.7. The summed E-state index contributed by atoms with van der Waals surface area (Å²) in [5.41, 5.74) is 0.411. The molecule has 156 valence electrons. The molecule has 3 rings (SSSR count). The number of aromatic nitrogens is 1. The minimum atomic E-state index is -0.988. The highest BCUT2D eigenvalue weighted by Gasteiger charge is 2.27. The molecule has 2 N–H and O–H groups in total. The van der Waals surface area contributed by atoms with E-state index in [1.54, 1.807) is 20.0 Å². The number of thiazole rings is 1. The number of rotatable bonds is 7. The molecule has 0 aliphatic carbocycles. The van der Waals surface area contributed by atoms with Gasteiger partial charge in [-0.05, 0) is 23.6 Å². The van der Waals surface area contributed by atoms with Crippen molar-refractivity contribution in [2.24, 2.45) is 5.92 Å². The maximum Gasteiger partial charge on any atom is 0.257 e. The molecule has 2 amide bonds. The molecular weight excluding hydrogens is 408 g/mol. The van der Waals surface area contributed by atoms with Crippen LogP contribution < -0.4 is 10.6 Å². The van der Waals surface area contributed by atoms with Gasteiger partial charge in [0.25, 0.3) is 5.91 Å². The van der Waals surface area contributed by atoms with Crippen LogP contribution in [0, 0.1) is 17.6 Å². The van der Waals surface area contributed by atoms with Crippen molar-refractivity contribution in [1.82, 2.24) is 10.3 Å². The first-order chi connectivity index (χ1) is 14.3. The predicted octanol–water partition coefficient (Wildman–Crippen LogP) is 4.41. The van der Waals surface area contributed by atoms with Gasteiger partial charge in [0, 0.05) is 17.5 Å². The highest BCUT2D eigenvalue weighted by molar-refractivity contribution is 7.15. The van der Waals surface area contributed by atoms with Crippen LogP contribution >= 0.6 is 11.3 Å². The third-order valence-electron chi connectivity index (χ3n) is 4.43. The lowest BCUT2D eigenvalue weighted by molar-refractivity contribution is -0.118. The Balaban J connectivity index is 1.68. The van der Waals surface area contributed by atoms with Crippen LogP contribution in [0.5, 0.6) is 0 Å². The lowest BCUT2D eigenvalue weighted by Gasteiger charge is -2.21. The molecule has 0 saturated carbocycles. The van der Waals surface area contributed by atoms with Crippen LogP contribution in [0.15, 0.2) is 54.7 Å². The number of halogens is 2. The van der Waals surface area contributed by atoms with E-state index in [1.807, 2.05) is 30.3 Å². The summed E-state index contributed by atoms with van der Waals surface area (Å²) < 4.78 is 27.7. The molecule has 0 aliphatic rings. The molecule has 1 aromatic heterocycles. The van der Waals surface area contributed by atoms with E-state index < -0.39 is 35.1 Å². The molecule has 1 atom stereocenters. The fourth-order valence-corrected chi connectivity index (χ4v) is 3.74. The van der Waals surface area contributed by atoms with Crippen molar-refractivity contribution in [3.63, 3.8) is 0 Å². The second-order valence-electron chi connectivity index (χ2n) is 7.08. The van der Waals surface area contributed by atoms with E-state index in [2.05, 4.69) is 15.6 Å². The smallest absolute Gasteiger partial charge is 0.257 e. The summed E-state index contributed by atoms with van der Waals surface area (Å²) in [5.74, 6) is -3.77. The molecule has 5 nitrogen and oxygen atoms in total. The lowest BCUT2D eigenvalue weighted by Crippen LogP contribution is -2.47. The first-order valence-electron chi connectivity index (χ1n) is 9.39. The Morgan fingerprint density at radius 1 is 1.03 bits per heavy atom. The van der Waals surface area contributed by atoms with Crippen LogP contribution in [0.1, 0.15) is 34.6 Å². The third-order valence-corrected chi connectivity index (χ3v) is 5.34. The van der Waals surface area contributed by atoms with E-state index in [0.29, 0.717) is 11.6 Å². The van der Waals surface area contributed by atoms with E-state index in [4.69, 9.17) is 0 Å². The van der Waals surface area contributed by atoms with E-state index in [0.717, 1.165) is 22.6 Å². The number of nitrogens with zero attached hydrogens (tertiary/aromatic N) is 1. The van der Waals surface area contributed by atoms with E-state index in [9.17, 15) is 18.4 Å². The van der Waals surface area contributed by atoms with Crippen molar-refractivity contribution in [2.45, 2.75) is 26.3 Å². The summed E-state index contributed by atoms with van der Waals surface area (Å²) in [6.07, 6.45) is 2.37. The minimum Gasteiger partial charge on any atom is -0.340 e. The predicted molar refractivity (Wildman–Crippen MR) is 112 cm³/mol. The Bertz CT molecular complexity index is 1020. The number of benzene rings is 2. The fourth-order valence-electron chi connectivity index (χ4n) is 2.89. The van der Waals surface area contributed by atoms with Crippen LogP contribution in [-0.4, -0.2) is 22.8 Å². The molecule has 0 radical (unpaired) electrons. The quantitative estimate of drug-likeness (QED) is 0.585. The number of nitrogens with one attached hydrogen (secondary N) is 2. The number of anilines is 1. The van der Waals surface area contributed by atoms with Gasteiger partial charge in [-0.15, -0.1) is 11.3 Å². The Morgan fingerprint density at radius 2 is 1.70 bits per heavy atom. The van der Waals surface area contributed by atoms with E-state index in [-0.39, 0.29) is 5.92 Å². The van der Waals surface area contributed by atoms with Crippen molar-refractivity contribution < 1.29 is 18.4 Å². The average Bonchev–Trinajstić information content (AvgIpc) is 3.13. The fraction of sp³-hybridized carbons (Fsp3) is 0.227. The molecule has 1 heterocycles. The zero-order valence-corrected chi connectivity index (χ0v) is 17.3. The SMILES string of the molecule is CC(C)C(NC(=O)c1c(F)cccc1F)C(=O)Nc1ncc(Cc2ccccc2)s1. The van der Waals surface area contributed by atoms with Gasteiger partial charge in [-0.2, -0.15) is 0 Å². The summed E-state index contributed by atoms with van der Waals surface area (Å²) in [7, 11) is 0. The summed E-state index contributed by atoms with van der Waals surface area (Å²) in [4.78, 5) is 30.3. The van der Waals surface area contributed by atoms with Gasteiger partial charge < -0.3 is 10.6 Å². The van der Waals surface area contributed by atoms with Gasteiger partial charge in [-0.3, -0.25) is 9.59 Å². The van der Waals surface area contributed by atoms with Crippen molar-refractivity contribution in [3.05, 3.63) is 82.4 Å². The molecule has 3 aromatic rings. The number of hydrogen-bond donors (Lipinski definition) is 2. The van der Waals surface area contributed by atoms with Crippen LogP contribution in [-0.2, 0) is 11.2 Å². The third kappa shape index (κ3) is 5.27. The van der Waals surface area contributed by atoms with Crippen LogP contribution in [0.3, 0.4) is 0 Å². The van der Waals surface area contributed by atoms with Crippen molar-refractivity contribution >= 4 is 28.3 Å². The van der Waals surface area contributed by atoms with Crippen molar-refractivity contribution in [3.8, 4) is 0 Å². The van der Waals surface area contributed by atoms with Crippen molar-refractivity contribution in [1.29, 1.82) is 0 Å². The highest BCUT2D eigenvalue weighted by Crippen LogP contribution is 2.22. The molecule has 1 unspecified atom stereocenters. The average molecular weight is 429 g/mol. The molecule has 0 saturated heterocycles. The minimum absolute atomic E-state index is 0.312. The molecule has 0 fully saturated rings. The Hall–Kier alpha value is -3.13. The van der Waals surface area contributed by atoms with E-state index in [1.165, 1.54) is 17.4 Å². The Morgan fingerprint density at radius 3 is 2.33 bits per heavy atom. The molecule has 8 heteroatoms. The number of hydrogen-bond acceptors (Lipinski definition) is 4. The van der Waals surface area contributed by atoms with Gasteiger partial charge in [0.05, 0.1) is 0 Å². The largest absolute Gasteiger partial charge is 0.340 e. The standard InChI is InChI=1S/C22H21F2N3O2S/c1-13(2)19(26-20(28)18-16(23)9-6-10-17(18)24)21(29)27-22-25-12-15(30-22)11-14-7-4-3-5-8-14/h3-10,12-13,19H,11H2,1-2H3,(H,26,28)(H,25,27,29). The van der Waals surface area contributed by atoms with E-state index >= 15 is 0 Å². The summed E-state index contributed by atoms with van der Waals surface area (Å²) in [6.45, 7) is 3.45. The number of carbonyl (C=O) groups is 2. The molecule has 0 aliphatic heterocycles. The van der Waals surface area contributed by atoms with Crippen LogP contribution in [0.25, 0.3) is 0 Å². The molecule has 0 spiro atoms.